The lowest BCUT2D eigenvalue weighted by molar-refractivity contribution is -0.131. The molecule has 0 bridgehead atoms. The van der Waals surface area contributed by atoms with Crippen molar-refractivity contribution in [3.63, 3.8) is 0 Å². The summed E-state index contributed by atoms with van der Waals surface area (Å²) in [7, 11) is 0. The summed E-state index contributed by atoms with van der Waals surface area (Å²) in [5.74, 6) is 0.277. The third-order valence-electron chi connectivity index (χ3n) is 2.73. The van der Waals surface area contributed by atoms with E-state index in [-0.39, 0.29) is 11.9 Å². The second kappa shape index (κ2) is 9.64. The second-order valence-electron chi connectivity index (χ2n) is 4.60. The molecule has 0 aliphatic heterocycles. The molecular weight excluding hydrogens is 200 g/mol. The molecule has 0 fully saturated rings. The first-order chi connectivity index (χ1) is 7.61. The number of nitrogens with two attached hydrogens (primary N) is 1. The Kier molecular flexibility index (Phi) is 9.30. The van der Waals surface area contributed by atoms with Gasteiger partial charge in [0.15, 0.2) is 0 Å². The van der Waals surface area contributed by atoms with Crippen LogP contribution in [0.2, 0.25) is 0 Å². The fraction of sp³-hybridized carbons (Fsp3) is 0.923. The molecule has 3 nitrogen and oxygen atoms in total. The summed E-state index contributed by atoms with van der Waals surface area (Å²) in [5, 5.41) is 0. The molecule has 0 radical (unpaired) electrons. The van der Waals surface area contributed by atoms with E-state index < -0.39 is 0 Å². The van der Waals surface area contributed by atoms with E-state index in [9.17, 15) is 4.79 Å². The molecule has 1 amide bonds. The normalized spacial score (nSPS) is 12.5. The third-order valence-corrected chi connectivity index (χ3v) is 2.73. The Morgan fingerprint density at radius 2 is 1.69 bits per heavy atom. The molecule has 0 saturated carbocycles. The van der Waals surface area contributed by atoms with Gasteiger partial charge in [-0.15, -0.1) is 0 Å². The summed E-state index contributed by atoms with van der Waals surface area (Å²) >= 11 is 0. The van der Waals surface area contributed by atoms with Crippen molar-refractivity contribution in [2.24, 2.45) is 5.73 Å². The van der Waals surface area contributed by atoms with Crippen molar-refractivity contribution in [2.45, 2.75) is 65.3 Å². The van der Waals surface area contributed by atoms with Gasteiger partial charge >= 0.3 is 0 Å². The topological polar surface area (TPSA) is 46.3 Å². The summed E-state index contributed by atoms with van der Waals surface area (Å²) in [6, 6.07) is 0.128. The first-order valence-electron chi connectivity index (χ1n) is 6.65. The number of nitrogens with zero attached hydrogens (tertiary/aromatic N) is 1. The highest BCUT2D eigenvalue weighted by Crippen LogP contribution is 2.04. The predicted molar refractivity (Wildman–Crippen MR) is 69.3 cm³/mol. The van der Waals surface area contributed by atoms with E-state index in [1.165, 1.54) is 0 Å². The Hall–Kier alpha value is -0.570. The van der Waals surface area contributed by atoms with Gasteiger partial charge in [0.1, 0.15) is 0 Å². The maximum absolute atomic E-state index is 11.9. The van der Waals surface area contributed by atoms with Gasteiger partial charge in [-0.3, -0.25) is 4.79 Å². The highest BCUT2D eigenvalue weighted by Gasteiger charge is 2.12. The molecule has 96 valence electrons. The van der Waals surface area contributed by atoms with E-state index in [1.807, 2.05) is 11.8 Å². The smallest absolute Gasteiger partial charge is 0.222 e. The van der Waals surface area contributed by atoms with E-state index in [0.717, 1.165) is 45.2 Å². The van der Waals surface area contributed by atoms with Crippen LogP contribution in [0, 0.1) is 0 Å². The van der Waals surface area contributed by atoms with Crippen molar-refractivity contribution in [1.29, 1.82) is 0 Å². The minimum atomic E-state index is 0.128. The summed E-state index contributed by atoms with van der Waals surface area (Å²) in [6.07, 6.45) is 5.90. The van der Waals surface area contributed by atoms with Crippen molar-refractivity contribution in [3.8, 4) is 0 Å². The molecule has 1 unspecified atom stereocenters. The summed E-state index contributed by atoms with van der Waals surface area (Å²) in [5.41, 5.74) is 5.67. The third kappa shape index (κ3) is 7.69. The van der Waals surface area contributed by atoms with E-state index in [4.69, 9.17) is 5.73 Å². The Labute approximate surface area is 100 Å². The summed E-state index contributed by atoms with van der Waals surface area (Å²) in [4.78, 5) is 13.9. The molecule has 0 aromatic carbocycles. The van der Waals surface area contributed by atoms with Crippen molar-refractivity contribution in [2.75, 3.05) is 13.1 Å². The molecular formula is C13H28N2O. The molecule has 2 N–H and O–H groups in total. The Bertz CT molecular complexity index is 173. The molecule has 0 spiro atoms. The standard InChI is InChI=1S/C13H28N2O/c1-4-6-10-15(11-7-5-2)13(16)9-8-12(3)14/h12H,4-11,14H2,1-3H3. The Morgan fingerprint density at radius 1 is 1.19 bits per heavy atom. The van der Waals surface area contributed by atoms with Crippen LogP contribution in [-0.2, 0) is 4.79 Å². The number of hydrogen-bond donors (Lipinski definition) is 1. The fourth-order valence-electron chi connectivity index (χ4n) is 1.57. The van der Waals surface area contributed by atoms with Gasteiger partial charge in [-0.05, 0) is 26.2 Å². The Morgan fingerprint density at radius 3 is 2.06 bits per heavy atom. The van der Waals surface area contributed by atoms with E-state index in [1.54, 1.807) is 0 Å². The lowest BCUT2D eigenvalue weighted by Gasteiger charge is -2.22. The molecule has 0 rings (SSSR count). The first kappa shape index (κ1) is 15.4. The molecule has 0 heterocycles. The lowest BCUT2D eigenvalue weighted by Crippen LogP contribution is -2.33. The lowest BCUT2D eigenvalue weighted by atomic mass is 10.1. The second-order valence-corrected chi connectivity index (χ2v) is 4.60. The minimum Gasteiger partial charge on any atom is -0.343 e. The number of unbranched alkanes of at least 4 members (excludes halogenated alkanes) is 2. The number of carbonyl (C=O) groups is 1. The number of rotatable bonds is 9. The Balaban J connectivity index is 3.98. The number of carbonyl (C=O) groups excluding carboxylic acids is 1. The summed E-state index contributed by atoms with van der Waals surface area (Å²) in [6.45, 7) is 8.09. The van der Waals surface area contributed by atoms with Crippen LogP contribution < -0.4 is 5.73 Å². The average molecular weight is 228 g/mol. The summed E-state index contributed by atoms with van der Waals surface area (Å²) < 4.78 is 0. The van der Waals surface area contributed by atoms with Gasteiger partial charge in [0.05, 0.1) is 0 Å². The van der Waals surface area contributed by atoms with Crippen LogP contribution in [0.3, 0.4) is 0 Å². The van der Waals surface area contributed by atoms with Crippen LogP contribution in [0.4, 0.5) is 0 Å². The van der Waals surface area contributed by atoms with E-state index in [2.05, 4.69) is 13.8 Å². The van der Waals surface area contributed by atoms with Gasteiger partial charge in [0.2, 0.25) is 5.91 Å². The maximum atomic E-state index is 11.9. The fourth-order valence-corrected chi connectivity index (χ4v) is 1.57. The van der Waals surface area contributed by atoms with Crippen molar-refractivity contribution in [1.82, 2.24) is 4.90 Å². The average Bonchev–Trinajstić information content (AvgIpc) is 2.26. The maximum Gasteiger partial charge on any atom is 0.222 e. The van der Waals surface area contributed by atoms with E-state index >= 15 is 0 Å². The van der Waals surface area contributed by atoms with Crippen LogP contribution in [0.5, 0.6) is 0 Å². The zero-order valence-corrected chi connectivity index (χ0v) is 11.2. The highest BCUT2D eigenvalue weighted by atomic mass is 16.2. The van der Waals surface area contributed by atoms with Crippen molar-refractivity contribution < 1.29 is 4.79 Å². The minimum absolute atomic E-state index is 0.128. The molecule has 0 saturated heterocycles. The van der Waals surface area contributed by atoms with Crippen LogP contribution in [0.1, 0.15) is 59.3 Å². The molecule has 0 aliphatic carbocycles. The van der Waals surface area contributed by atoms with Crippen molar-refractivity contribution >= 4 is 5.91 Å². The number of amides is 1. The van der Waals surface area contributed by atoms with Gasteiger partial charge in [0.25, 0.3) is 0 Å². The molecule has 0 aromatic rings. The molecule has 3 heteroatoms. The number of hydrogen-bond acceptors (Lipinski definition) is 2. The quantitative estimate of drug-likeness (QED) is 0.659. The van der Waals surface area contributed by atoms with Gasteiger partial charge in [-0.1, -0.05) is 26.7 Å². The predicted octanol–water partition coefficient (Wildman–Crippen LogP) is 2.54. The van der Waals surface area contributed by atoms with Crippen molar-refractivity contribution in [3.05, 3.63) is 0 Å². The highest BCUT2D eigenvalue weighted by molar-refractivity contribution is 5.76. The largest absolute Gasteiger partial charge is 0.343 e. The van der Waals surface area contributed by atoms with Crippen LogP contribution >= 0.6 is 0 Å². The van der Waals surface area contributed by atoms with Gasteiger partial charge in [0, 0.05) is 25.6 Å². The molecule has 16 heavy (non-hydrogen) atoms. The van der Waals surface area contributed by atoms with Crippen LogP contribution in [-0.4, -0.2) is 29.9 Å². The van der Waals surface area contributed by atoms with Crippen LogP contribution in [0.25, 0.3) is 0 Å². The van der Waals surface area contributed by atoms with Crippen LogP contribution in [0.15, 0.2) is 0 Å². The monoisotopic (exact) mass is 228 g/mol. The zero-order valence-electron chi connectivity index (χ0n) is 11.2. The first-order valence-corrected chi connectivity index (χ1v) is 6.65. The van der Waals surface area contributed by atoms with Gasteiger partial charge in [-0.25, -0.2) is 0 Å². The molecule has 0 aromatic heterocycles. The SMILES string of the molecule is CCCCN(CCCC)C(=O)CCC(C)N. The zero-order chi connectivity index (χ0) is 12.4. The van der Waals surface area contributed by atoms with Gasteiger partial charge < -0.3 is 10.6 Å². The molecule has 0 aliphatic rings. The van der Waals surface area contributed by atoms with Gasteiger partial charge in [-0.2, -0.15) is 0 Å². The van der Waals surface area contributed by atoms with E-state index in [0.29, 0.717) is 6.42 Å². The molecule has 1 atom stereocenters.